The quantitative estimate of drug-likeness (QED) is 0.750. The second kappa shape index (κ2) is 8.87. The molecule has 1 aromatic heterocycles. The maximum Gasteiger partial charge on any atom is 0.225 e. The molecular formula is C15H28N4O. The van der Waals surface area contributed by atoms with Gasteiger partial charge < -0.3 is 15.0 Å². The topological polar surface area (TPSA) is 50.3 Å². The second-order valence-corrected chi connectivity index (χ2v) is 5.70. The summed E-state index contributed by atoms with van der Waals surface area (Å²) in [7, 11) is 1.71. The van der Waals surface area contributed by atoms with Gasteiger partial charge >= 0.3 is 0 Å². The van der Waals surface area contributed by atoms with E-state index < -0.39 is 0 Å². The van der Waals surface area contributed by atoms with Crippen molar-refractivity contribution in [3.63, 3.8) is 0 Å². The van der Waals surface area contributed by atoms with Gasteiger partial charge in [-0.1, -0.05) is 13.8 Å². The fourth-order valence-corrected chi connectivity index (χ4v) is 1.87. The molecule has 0 spiro atoms. The van der Waals surface area contributed by atoms with E-state index >= 15 is 0 Å². The second-order valence-electron chi connectivity index (χ2n) is 5.70. The molecule has 0 aliphatic heterocycles. The van der Waals surface area contributed by atoms with Crippen LogP contribution in [0.15, 0.2) is 12.4 Å². The number of aromatic nitrogens is 2. The van der Waals surface area contributed by atoms with E-state index in [9.17, 15) is 0 Å². The summed E-state index contributed by atoms with van der Waals surface area (Å²) in [5.41, 5.74) is 1.12. The molecular weight excluding hydrogens is 252 g/mol. The van der Waals surface area contributed by atoms with Crippen molar-refractivity contribution in [3.8, 4) is 0 Å². The standard InChI is InChI=1S/C15H28N4O/c1-12(2)8-16-9-14-10-17-15(18-11-14)19(13(3)4)6-7-20-5/h10-13,16H,6-9H2,1-5H3. The maximum absolute atomic E-state index is 5.14. The molecule has 0 fully saturated rings. The van der Waals surface area contributed by atoms with E-state index in [1.54, 1.807) is 7.11 Å². The Morgan fingerprint density at radius 2 is 1.85 bits per heavy atom. The molecule has 0 aliphatic carbocycles. The molecule has 5 heteroatoms. The van der Waals surface area contributed by atoms with Crippen LogP contribution in [0.25, 0.3) is 0 Å². The molecule has 1 aromatic rings. The molecule has 0 aliphatic rings. The summed E-state index contributed by atoms with van der Waals surface area (Å²) in [6.45, 7) is 12.0. The van der Waals surface area contributed by atoms with Crippen LogP contribution in [0.2, 0.25) is 0 Å². The van der Waals surface area contributed by atoms with Gasteiger partial charge in [-0.25, -0.2) is 9.97 Å². The minimum absolute atomic E-state index is 0.357. The van der Waals surface area contributed by atoms with Crippen LogP contribution < -0.4 is 10.2 Å². The summed E-state index contributed by atoms with van der Waals surface area (Å²) < 4.78 is 5.14. The van der Waals surface area contributed by atoms with Crippen LogP contribution in [-0.2, 0) is 11.3 Å². The van der Waals surface area contributed by atoms with Crippen LogP contribution in [0.3, 0.4) is 0 Å². The molecule has 114 valence electrons. The van der Waals surface area contributed by atoms with Gasteiger partial charge in [0.1, 0.15) is 0 Å². The van der Waals surface area contributed by atoms with Crippen molar-refractivity contribution < 1.29 is 4.74 Å². The molecule has 0 saturated carbocycles. The number of nitrogens with one attached hydrogen (secondary N) is 1. The molecule has 1 N–H and O–H groups in total. The van der Waals surface area contributed by atoms with Crippen LogP contribution in [-0.4, -0.2) is 42.8 Å². The average Bonchev–Trinajstić information content (AvgIpc) is 2.40. The summed E-state index contributed by atoms with van der Waals surface area (Å²) in [6, 6.07) is 0.357. The number of anilines is 1. The minimum atomic E-state index is 0.357. The number of hydrogen-bond donors (Lipinski definition) is 1. The van der Waals surface area contributed by atoms with Gasteiger partial charge in [-0.3, -0.25) is 0 Å². The zero-order chi connectivity index (χ0) is 15.0. The Morgan fingerprint density at radius 1 is 1.20 bits per heavy atom. The van der Waals surface area contributed by atoms with Gasteiger partial charge in [0.05, 0.1) is 6.61 Å². The zero-order valence-electron chi connectivity index (χ0n) is 13.4. The molecule has 0 unspecified atom stereocenters. The van der Waals surface area contributed by atoms with E-state index in [4.69, 9.17) is 4.74 Å². The Balaban J connectivity index is 2.58. The molecule has 0 aromatic carbocycles. The molecule has 1 rings (SSSR count). The highest BCUT2D eigenvalue weighted by Gasteiger charge is 2.12. The van der Waals surface area contributed by atoms with Crippen LogP contribution in [0.5, 0.6) is 0 Å². The monoisotopic (exact) mass is 280 g/mol. The molecule has 5 nitrogen and oxygen atoms in total. The predicted octanol–water partition coefficient (Wildman–Crippen LogP) is 2.08. The highest BCUT2D eigenvalue weighted by molar-refractivity contribution is 5.31. The first-order chi connectivity index (χ1) is 9.54. The average molecular weight is 280 g/mol. The van der Waals surface area contributed by atoms with Crippen molar-refractivity contribution in [3.05, 3.63) is 18.0 Å². The fraction of sp³-hybridized carbons (Fsp3) is 0.733. The van der Waals surface area contributed by atoms with Crippen molar-refractivity contribution in [1.29, 1.82) is 0 Å². The van der Waals surface area contributed by atoms with Crippen LogP contribution in [0.4, 0.5) is 5.95 Å². The summed E-state index contributed by atoms with van der Waals surface area (Å²) in [4.78, 5) is 11.1. The Hall–Kier alpha value is -1.20. The Morgan fingerprint density at radius 3 is 2.35 bits per heavy atom. The Bertz CT molecular complexity index is 365. The third-order valence-electron chi connectivity index (χ3n) is 2.99. The molecule has 0 radical (unpaired) electrons. The lowest BCUT2D eigenvalue weighted by Gasteiger charge is -2.26. The Kier molecular flexibility index (Phi) is 7.47. The molecule has 1 heterocycles. The van der Waals surface area contributed by atoms with E-state index in [2.05, 4.69) is 47.9 Å². The van der Waals surface area contributed by atoms with Gasteiger partial charge in [-0.05, 0) is 26.3 Å². The van der Waals surface area contributed by atoms with E-state index in [0.717, 1.165) is 31.1 Å². The van der Waals surface area contributed by atoms with Gasteiger partial charge in [0.2, 0.25) is 5.95 Å². The summed E-state index contributed by atoms with van der Waals surface area (Å²) in [5.74, 6) is 1.42. The molecule has 0 atom stereocenters. The smallest absolute Gasteiger partial charge is 0.225 e. The lowest BCUT2D eigenvalue weighted by atomic mass is 10.2. The highest BCUT2D eigenvalue weighted by Crippen LogP contribution is 2.10. The maximum atomic E-state index is 5.14. The minimum Gasteiger partial charge on any atom is -0.383 e. The SMILES string of the molecule is COCCN(c1ncc(CNCC(C)C)cn1)C(C)C. The van der Waals surface area contributed by atoms with Crippen LogP contribution >= 0.6 is 0 Å². The van der Waals surface area contributed by atoms with Crippen molar-refractivity contribution >= 4 is 5.95 Å². The highest BCUT2D eigenvalue weighted by atomic mass is 16.5. The van der Waals surface area contributed by atoms with E-state index in [1.165, 1.54) is 0 Å². The van der Waals surface area contributed by atoms with Gasteiger partial charge in [-0.15, -0.1) is 0 Å². The Labute approximate surface area is 122 Å². The number of rotatable bonds is 9. The number of nitrogens with zero attached hydrogens (tertiary/aromatic N) is 3. The lowest BCUT2D eigenvalue weighted by molar-refractivity contribution is 0.203. The first-order valence-corrected chi connectivity index (χ1v) is 7.31. The summed E-state index contributed by atoms with van der Waals surface area (Å²) in [5, 5.41) is 3.39. The van der Waals surface area contributed by atoms with E-state index in [0.29, 0.717) is 18.6 Å². The van der Waals surface area contributed by atoms with Crippen molar-refractivity contribution in [2.24, 2.45) is 5.92 Å². The third kappa shape index (κ3) is 5.84. The van der Waals surface area contributed by atoms with Crippen LogP contribution in [0.1, 0.15) is 33.3 Å². The number of ether oxygens (including phenoxy) is 1. The summed E-state index contributed by atoms with van der Waals surface area (Å²) >= 11 is 0. The van der Waals surface area contributed by atoms with Crippen molar-refractivity contribution in [2.45, 2.75) is 40.3 Å². The van der Waals surface area contributed by atoms with Gasteiger partial charge in [0, 0.05) is 44.2 Å². The largest absolute Gasteiger partial charge is 0.383 e. The zero-order valence-corrected chi connectivity index (χ0v) is 13.4. The molecule has 20 heavy (non-hydrogen) atoms. The van der Waals surface area contributed by atoms with E-state index in [1.807, 2.05) is 12.4 Å². The lowest BCUT2D eigenvalue weighted by Crippen LogP contribution is -2.35. The molecule has 0 saturated heterocycles. The van der Waals surface area contributed by atoms with Gasteiger partial charge in [0.25, 0.3) is 0 Å². The molecule has 0 amide bonds. The number of methoxy groups -OCH3 is 1. The van der Waals surface area contributed by atoms with Crippen molar-refractivity contribution in [1.82, 2.24) is 15.3 Å². The van der Waals surface area contributed by atoms with E-state index in [-0.39, 0.29) is 0 Å². The summed E-state index contributed by atoms with van der Waals surface area (Å²) in [6.07, 6.45) is 3.80. The van der Waals surface area contributed by atoms with Gasteiger partial charge in [-0.2, -0.15) is 0 Å². The van der Waals surface area contributed by atoms with Crippen molar-refractivity contribution in [2.75, 3.05) is 31.7 Å². The first kappa shape index (κ1) is 16.9. The normalized spacial score (nSPS) is 11.3. The fourth-order valence-electron chi connectivity index (χ4n) is 1.87. The van der Waals surface area contributed by atoms with Gasteiger partial charge in [0.15, 0.2) is 0 Å². The predicted molar refractivity (Wildman–Crippen MR) is 82.9 cm³/mol. The molecule has 0 bridgehead atoms. The third-order valence-corrected chi connectivity index (χ3v) is 2.99. The first-order valence-electron chi connectivity index (χ1n) is 7.31. The number of hydrogen-bond acceptors (Lipinski definition) is 5. The van der Waals surface area contributed by atoms with Crippen LogP contribution in [0, 0.1) is 5.92 Å².